The molecular weight excluding hydrogens is 452 g/mol. The number of nitrogens with one attached hydrogen (secondary N) is 1. The van der Waals surface area contributed by atoms with Gasteiger partial charge in [-0.3, -0.25) is 0 Å². The first-order valence-electron chi connectivity index (χ1n) is 11.2. The van der Waals surface area contributed by atoms with Crippen LogP contribution < -0.4 is 15.0 Å². The highest BCUT2D eigenvalue weighted by Gasteiger charge is 2.24. The molecule has 4 aromatic rings. The van der Waals surface area contributed by atoms with Crippen molar-refractivity contribution in [1.29, 1.82) is 0 Å². The highest BCUT2D eigenvalue weighted by Crippen LogP contribution is 2.31. The maximum Gasteiger partial charge on any atom is 0.387 e. The molecule has 7 nitrogen and oxygen atoms in total. The molecule has 0 aliphatic carbocycles. The van der Waals surface area contributed by atoms with Crippen molar-refractivity contribution in [2.24, 2.45) is 0 Å². The molecule has 2 amide bonds. The van der Waals surface area contributed by atoms with Crippen molar-refractivity contribution in [3.63, 3.8) is 0 Å². The van der Waals surface area contributed by atoms with Crippen LogP contribution in [0.1, 0.15) is 0 Å². The monoisotopic (exact) mass is 475 g/mol. The molecule has 0 radical (unpaired) electrons. The van der Waals surface area contributed by atoms with Crippen LogP contribution in [0.25, 0.3) is 22.0 Å². The SMILES string of the molecule is O=C(Nc1ccc(OC(F)F)cc1)N1CCN(c2nnc(-c3ccccc3)c3ccccc23)CC1. The average molecular weight is 475 g/mol. The molecule has 1 N–H and O–H groups in total. The molecule has 1 aliphatic rings. The first-order valence-corrected chi connectivity index (χ1v) is 11.2. The van der Waals surface area contributed by atoms with Crippen molar-refractivity contribution in [2.75, 3.05) is 36.4 Å². The van der Waals surface area contributed by atoms with Crippen LogP contribution in [-0.2, 0) is 0 Å². The first kappa shape index (κ1) is 22.5. The second kappa shape index (κ2) is 9.92. The standard InChI is InChI=1S/C26H23F2N5O2/c27-25(28)35-20-12-10-19(11-13-20)29-26(34)33-16-14-32(15-17-33)24-22-9-5-4-8-21(22)23(30-31-24)18-6-2-1-3-7-18/h1-13,25H,14-17H2,(H,29,34). The van der Waals surface area contributed by atoms with E-state index in [1.165, 1.54) is 24.3 Å². The number of ether oxygens (including phenoxy) is 1. The Balaban J connectivity index is 1.26. The maximum atomic E-state index is 12.7. The molecule has 3 aromatic carbocycles. The Morgan fingerprint density at radius 3 is 2.17 bits per heavy atom. The third kappa shape index (κ3) is 4.98. The number of nitrogens with zero attached hydrogens (tertiary/aromatic N) is 4. The van der Waals surface area contributed by atoms with Crippen molar-refractivity contribution in [3.8, 4) is 17.0 Å². The summed E-state index contributed by atoms with van der Waals surface area (Å²) in [4.78, 5) is 16.6. The van der Waals surface area contributed by atoms with Crippen LogP contribution in [0.2, 0.25) is 0 Å². The second-order valence-electron chi connectivity index (χ2n) is 8.09. The third-order valence-electron chi connectivity index (χ3n) is 5.91. The lowest BCUT2D eigenvalue weighted by Gasteiger charge is -2.35. The van der Waals surface area contributed by atoms with Gasteiger partial charge in [0.25, 0.3) is 0 Å². The molecule has 1 saturated heterocycles. The minimum absolute atomic E-state index is 0.0400. The van der Waals surface area contributed by atoms with E-state index in [1.807, 2.05) is 48.5 Å². The predicted molar refractivity (Wildman–Crippen MR) is 131 cm³/mol. The molecule has 1 fully saturated rings. The Bertz CT molecular complexity index is 1310. The maximum absolute atomic E-state index is 12.7. The summed E-state index contributed by atoms with van der Waals surface area (Å²) in [5.41, 5.74) is 2.36. The summed E-state index contributed by atoms with van der Waals surface area (Å²) in [6.45, 7) is -0.650. The zero-order chi connectivity index (χ0) is 24.2. The van der Waals surface area contributed by atoms with Gasteiger partial charge in [-0.1, -0.05) is 54.6 Å². The normalized spacial score (nSPS) is 13.8. The van der Waals surface area contributed by atoms with Gasteiger partial charge in [0.05, 0.1) is 0 Å². The average Bonchev–Trinajstić information content (AvgIpc) is 2.89. The van der Waals surface area contributed by atoms with E-state index in [2.05, 4.69) is 31.2 Å². The number of aromatic nitrogens is 2. The highest BCUT2D eigenvalue weighted by molar-refractivity contribution is 6.00. The number of rotatable bonds is 5. The number of fused-ring (bicyclic) bond motifs is 1. The number of benzene rings is 3. The molecule has 0 unspecified atom stereocenters. The molecule has 0 saturated carbocycles. The fourth-order valence-electron chi connectivity index (χ4n) is 4.18. The number of amides is 2. The smallest absolute Gasteiger partial charge is 0.387 e. The van der Waals surface area contributed by atoms with Gasteiger partial charge in [-0.05, 0) is 24.3 Å². The Kier molecular flexibility index (Phi) is 6.38. The van der Waals surface area contributed by atoms with Gasteiger partial charge in [-0.2, -0.15) is 8.78 Å². The summed E-state index contributed by atoms with van der Waals surface area (Å²) in [6, 6.07) is 23.7. The van der Waals surface area contributed by atoms with E-state index in [0.29, 0.717) is 31.9 Å². The lowest BCUT2D eigenvalue weighted by Crippen LogP contribution is -2.50. The van der Waals surface area contributed by atoms with Crippen LogP contribution in [0, 0.1) is 0 Å². The van der Waals surface area contributed by atoms with Crippen molar-refractivity contribution in [3.05, 3.63) is 78.9 Å². The van der Waals surface area contributed by atoms with E-state index in [9.17, 15) is 13.6 Å². The second-order valence-corrected chi connectivity index (χ2v) is 8.09. The summed E-state index contributed by atoms with van der Waals surface area (Å²) in [7, 11) is 0. The number of alkyl halides is 2. The van der Waals surface area contributed by atoms with Gasteiger partial charge < -0.3 is 19.9 Å². The zero-order valence-electron chi connectivity index (χ0n) is 18.8. The predicted octanol–water partition coefficient (Wildman–Crippen LogP) is 5.25. The van der Waals surface area contributed by atoms with Gasteiger partial charge in [-0.15, -0.1) is 10.2 Å². The van der Waals surface area contributed by atoms with Crippen LogP contribution in [0.4, 0.5) is 25.1 Å². The third-order valence-corrected chi connectivity index (χ3v) is 5.91. The molecule has 0 atom stereocenters. The van der Waals surface area contributed by atoms with Gasteiger partial charge in [-0.25, -0.2) is 4.79 Å². The summed E-state index contributed by atoms with van der Waals surface area (Å²) in [5.74, 6) is 0.841. The number of anilines is 2. The number of hydrogen-bond acceptors (Lipinski definition) is 5. The molecular formula is C26H23F2N5O2. The van der Waals surface area contributed by atoms with Gasteiger partial charge in [0.2, 0.25) is 0 Å². The molecule has 5 rings (SSSR count). The van der Waals surface area contributed by atoms with E-state index in [0.717, 1.165) is 27.8 Å². The Morgan fingerprint density at radius 1 is 0.829 bits per heavy atom. The van der Waals surface area contributed by atoms with E-state index < -0.39 is 6.61 Å². The van der Waals surface area contributed by atoms with Crippen LogP contribution in [0.3, 0.4) is 0 Å². The molecule has 9 heteroatoms. The van der Waals surface area contributed by atoms with Crippen LogP contribution >= 0.6 is 0 Å². The Labute approximate surface area is 200 Å². The quantitative estimate of drug-likeness (QED) is 0.427. The molecule has 0 spiro atoms. The van der Waals surface area contributed by atoms with Crippen molar-refractivity contribution in [2.45, 2.75) is 6.61 Å². The van der Waals surface area contributed by atoms with Crippen molar-refractivity contribution in [1.82, 2.24) is 15.1 Å². The number of carbonyl (C=O) groups is 1. The Morgan fingerprint density at radius 2 is 1.49 bits per heavy atom. The lowest BCUT2D eigenvalue weighted by molar-refractivity contribution is -0.0498. The van der Waals surface area contributed by atoms with Crippen LogP contribution in [0.5, 0.6) is 5.75 Å². The van der Waals surface area contributed by atoms with Gasteiger partial charge in [0.15, 0.2) is 5.82 Å². The summed E-state index contributed by atoms with van der Waals surface area (Å²) in [6.07, 6.45) is 0. The lowest BCUT2D eigenvalue weighted by atomic mass is 10.0. The minimum Gasteiger partial charge on any atom is -0.435 e. The number of carbonyl (C=O) groups excluding carboxylic acids is 1. The minimum atomic E-state index is -2.89. The largest absolute Gasteiger partial charge is 0.435 e. The van der Waals surface area contributed by atoms with Gasteiger partial charge in [0.1, 0.15) is 11.4 Å². The number of halogens is 2. The summed E-state index contributed by atoms with van der Waals surface area (Å²) in [5, 5.41) is 14.0. The van der Waals surface area contributed by atoms with E-state index >= 15 is 0 Å². The number of urea groups is 1. The zero-order valence-corrected chi connectivity index (χ0v) is 18.8. The molecule has 0 bridgehead atoms. The molecule has 1 aromatic heterocycles. The Hall–Kier alpha value is -4.27. The van der Waals surface area contributed by atoms with Gasteiger partial charge >= 0.3 is 12.6 Å². The van der Waals surface area contributed by atoms with Crippen molar-refractivity contribution >= 4 is 28.3 Å². The molecule has 2 heterocycles. The van der Waals surface area contributed by atoms with E-state index in [-0.39, 0.29) is 11.8 Å². The van der Waals surface area contributed by atoms with E-state index in [1.54, 1.807) is 4.90 Å². The number of hydrogen-bond donors (Lipinski definition) is 1. The first-order chi connectivity index (χ1) is 17.1. The van der Waals surface area contributed by atoms with Crippen molar-refractivity contribution < 1.29 is 18.3 Å². The number of piperazine rings is 1. The summed E-state index contributed by atoms with van der Waals surface area (Å²) >= 11 is 0. The van der Waals surface area contributed by atoms with Crippen LogP contribution in [-0.4, -0.2) is 53.9 Å². The molecule has 1 aliphatic heterocycles. The molecule has 35 heavy (non-hydrogen) atoms. The summed E-state index contributed by atoms with van der Waals surface area (Å²) < 4.78 is 28.9. The van der Waals surface area contributed by atoms with Gasteiger partial charge in [0, 0.05) is 48.2 Å². The topological polar surface area (TPSA) is 70.6 Å². The fourth-order valence-corrected chi connectivity index (χ4v) is 4.18. The van der Waals surface area contributed by atoms with E-state index in [4.69, 9.17) is 0 Å². The molecule has 178 valence electrons. The van der Waals surface area contributed by atoms with Crippen LogP contribution in [0.15, 0.2) is 78.9 Å². The fraction of sp³-hybridized carbons (Fsp3) is 0.192. The highest BCUT2D eigenvalue weighted by atomic mass is 19.3.